The Kier molecular flexibility index (Phi) is 5.17. The summed E-state index contributed by atoms with van der Waals surface area (Å²) in [4.78, 5) is 48.0. The minimum atomic E-state index is -0.649. The average Bonchev–Trinajstić information content (AvgIpc) is 2.65. The van der Waals surface area contributed by atoms with Gasteiger partial charge in [0.1, 0.15) is 5.82 Å². The van der Waals surface area contributed by atoms with E-state index in [0.29, 0.717) is 4.47 Å². The second-order valence-electron chi connectivity index (χ2n) is 5.49. The second-order valence-corrected chi connectivity index (χ2v) is 6.35. The molecule has 10 heteroatoms. The van der Waals surface area contributed by atoms with Crippen molar-refractivity contribution in [1.82, 2.24) is 15.5 Å². The Bertz CT molecular complexity index is 1170. The first-order valence-electron chi connectivity index (χ1n) is 7.63. The molecule has 1 aromatic heterocycles. The summed E-state index contributed by atoms with van der Waals surface area (Å²) in [5.41, 5.74) is -0.917. The summed E-state index contributed by atoms with van der Waals surface area (Å²) >= 11 is 3.13. The molecule has 0 fully saturated rings. The minimum Gasteiger partial charge on any atom is -0.343 e. The van der Waals surface area contributed by atoms with E-state index in [9.17, 15) is 23.6 Å². The average molecular weight is 435 g/mol. The molecule has 0 aliphatic rings. The molecule has 27 heavy (non-hydrogen) atoms. The fourth-order valence-electron chi connectivity index (χ4n) is 2.46. The molecular weight excluding hydrogens is 423 g/mol. The van der Waals surface area contributed by atoms with Gasteiger partial charge in [0.25, 0.3) is 17.0 Å². The molecule has 2 amide bonds. The van der Waals surface area contributed by atoms with Crippen LogP contribution in [0.5, 0.6) is 0 Å². The number of carbonyl (C=O) groups excluding carboxylic acids is 2. The van der Waals surface area contributed by atoms with E-state index >= 15 is 0 Å². The summed E-state index contributed by atoms with van der Waals surface area (Å²) < 4.78 is 13.6. The number of aromatic nitrogens is 2. The zero-order chi connectivity index (χ0) is 19.6. The van der Waals surface area contributed by atoms with Crippen molar-refractivity contribution in [1.29, 1.82) is 0 Å². The van der Waals surface area contributed by atoms with Gasteiger partial charge in [0.05, 0.1) is 28.6 Å². The van der Waals surface area contributed by atoms with Crippen molar-refractivity contribution in [2.75, 3.05) is 11.9 Å². The van der Waals surface area contributed by atoms with Crippen LogP contribution in [0.25, 0.3) is 10.8 Å². The predicted molar refractivity (Wildman–Crippen MR) is 100 cm³/mol. The summed E-state index contributed by atoms with van der Waals surface area (Å²) in [5, 5.41) is 9.35. The molecule has 0 saturated carbocycles. The second kappa shape index (κ2) is 7.54. The van der Waals surface area contributed by atoms with Crippen molar-refractivity contribution in [2.24, 2.45) is 0 Å². The van der Waals surface area contributed by atoms with Crippen LogP contribution < -0.4 is 21.8 Å². The standard InChI is InChI=1S/C17H12BrFN4O4/c18-11-5-4-8(19)6-10(11)15(25)20-7-13(24)21-12-3-1-2-9-14(12)17(27)23-22-16(9)26/h1-6H,7H2,(H,20,25)(H,21,24)(H,22,26)(H,23,27). The number of carbonyl (C=O) groups is 2. The fourth-order valence-corrected chi connectivity index (χ4v) is 2.88. The minimum absolute atomic E-state index is 0.0220. The number of amides is 2. The summed E-state index contributed by atoms with van der Waals surface area (Å²) in [7, 11) is 0. The van der Waals surface area contributed by atoms with E-state index in [1.165, 1.54) is 30.3 Å². The SMILES string of the molecule is O=C(CNC(=O)c1cc(F)ccc1Br)Nc1cccc2c(=O)[nH][nH]c(=O)c12. The topological polar surface area (TPSA) is 124 Å². The first-order chi connectivity index (χ1) is 12.9. The zero-order valence-electron chi connectivity index (χ0n) is 13.6. The van der Waals surface area contributed by atoms with Crippen LogP contribution in [0.2, 0.25) is 0 Å². The number of halogens is 2. The van der Waals surface area contributed by atoms with E-state index in [0.717, 1.165) is 6.07 Å². The number of aromatic amines is 2. The van der Waals surface area contributed by atoms with Gasteiger partial charge < -0.3 is 10.6 Å². The third-order valence-electron chi connectivity index (χ3n) is 3.68. The number of hydrogen-bond acceptors (Lipinski definition) is 4. The molecule has 0 spiro atoms. The molecule has 0 atom stereocenters. The number of anilines is 1. The molecule has 0 unspecified atom stereocenters. The molecule has 3 rings (SSSR count). The molecule has 0 saturated heterocycles. The third-order valence-corrected chi connectivity index (χ3v) is 4.37. The Labute approximate surface area is 158 Å². The maximum absolute atomic E-state index is 13.3. The lowest BCUT2D eigenvalue weighted by molar-refractivity contribution is -0.115. The van der Waals surface area contributed by atoms with Gasteiger partial charge in [-0.1, -0.05) is 6.07 Å². The highest BCUT2D eigenvalue weighted by molar-refractivity contribution is 9.10. The third kappa shape index (κ3) is 3.95. The Morgan fingerprint density at radius 1 is 1.07 bits per heavy atom. The molecule has 0 aliphatic carbocycles. The quantitative estimate of drug-likeness (QED) is 0.496. The number of H-pyrrole nitrogens is 2. The molecule has 3 aromatic rings. The smallest absolute Gasteiger partial charge is 0.272 e. The van der Waals surface area contributed by atoms with E-state index < -0.39 is 35.3 Å². The van der Waals surface area contributed by atoms with Crippen LogP contribution in [0, 0.1) is 5.82 Å². The molecule has 0 bridgehead atoms. The summed E-state index contributed by atoms with van der Waals surface area (Å²) in [6, 6.07) is 8.02. The molecule has 8 nitrogen and oxygen atoms in total. The Hall–Kier alpha value is -3.27. The van der Waals surface area contributed by atoms with Crippen LogP contribution in [-0.4, -0.2) is 28.6 Å². The summed E-state index contributed by atoms with van der Waals surface area (Å²) in [6.45, 7) is -0.417. The maximum Gasteiger partial charge on any atom is 0.272 e. The fraction of sp³-hybridized carbons (Fsp3) is 0.0588. The summed E-state index contributed by atoms with van der Waals surface area (Å²) in [5.74, 6) is -1.86. The largest absolute Gasteiger partial charge is 0.343 e. The Balaban J connectivity index is 1.75. The number of benzene rings is 2. The van der Waals surface area contributed by atoms with Gasteiger partial charge >= 0.3 is 0 Å². The van der Waals surface area contributed by atoms with Gasteiger partial charge in [-0.05, 0) is 46.3 Å². The highest BCUT2D eigenvalue weighted by atomic mass is 79.9. The highest BCUT2D eigenvalue weighted by Gasteiger charge is 2.14. The van der Waals surface area contributed by atoms with Gasteiger partial charge in [0.15, 0.2) is 0 Å². The molecule has 1 heterocycles. The van der Waals surface area contributed by atoms with Crippen LogP contribution >= 0.6 is 15.9 Å². The van der Waals surface area contributed by atoms with Crippen molar-refractivity contribution >= 4 is 44.2 Å². The number of rotatable bonds is 4. The Morgan fingerprint density at radius 2 is 1.81 bits per heavy atom. The van der Waals surface area contributed by atoms with Gasteiger partial charge in [-0.25, -0.2) is 4.39 Å². The van der Waals surface area contributed by atoms with Crippen molar-refractivity contribution < 1.29 is 14.0 Å². The molecular formula is C17H12BrFN4O4. The van der Waals surface area contributed by atoms with Gasteiger partial charge in [0, 0.05) is 4.47 Å². The lowest BCUT2D eigenvalue weighted by Gasteiger charge is -2.09. The van der Waals surface area contributed by atoms with E-state index in [-0.39, 0.29) is 22.0 Å². The monoisotopic (exact) mass is 434 g/mol. The molecule has 2 aromatic carbocycles. The van der Waals surface area contributed by atoms with Crippen molar-refractivity contribution in [3.63, 3.8) is 0 Å². The van der Waals surface area contributed by atoms with E-state index in [1.54, 1.807) is 0 Å². The maximum atomic E-state index is 13.3. The normalized spacial score (nSPS) is 10.6. The number of nitrogens with one attached hydrogen (secondary N) is 4. The number of hydrogen-bond donors (Lipinski definition) is 4. The first-order valence-corrected chi connectivity index (χ1v) is 8.43. The van der Waals surface area contributed by atoms with Crippen LogP contribution in [0.1, 0.15) is 10.4 Å². The van der Waals surface area contributed by atoms with Crippen molar-refractivity contribution in [3.05, 3.63) is 73.0 Å². The lowest BCUT2D eigenvalue weighted by Crippen LogP contribution is -2.33. The first kappa shape index (κ1) is 18.5. The lowest BCUT2D eigenvalue weighted by atomic mass is 10.1. The van der Waals surface area contributed by atoms with Gasteiger partial charge in [-0.2, -0.15) is 0 Å². The molecule has 0 aliphatic heterocycles. The van der Waals surface area contributed by atoms with E-state index in [1.807, 2.05) is 0 Å². The molecule has 4 N–H and O–H groups in total. The van der Waals surface area contributed by atoms with Crippen LogP contribution in [-0.2, 0) is 4.79 Å². The van der Waals surface area contributed by atoms with E-state index in [2.05, 4.69) is 36.8 Å². The highest BCUT2D eigenvalue weighted by Crippen LogP contribution is 2.18. The molecule has 0 radical (unpaired) electrons. The van der Waals surface area contributed by atoms with E-state index in [4.69, 9.17) is 0 Å². The van der Waals surface area contributed by atoms with Crippen molar-refractivity contribution in [2.45, 2.75) is 0 Å². The van der Waals surface area contributed by atoms with Gasteiger partial charge in [0.2, 0.25) is 5.91 Å². The van der Waals surface area contributed by atoms with Crippen LogP contribution in [0.4, 0.5) is 10.1 Å². The predicted octanol–water partition coefficient (Wildman–Crippen LogP) is 1.49. The molecule has 138 valence electrons. The van der Waals surface area contributed by atoms with Crippen LogP contribution in [0.3, 0.4) is 0 Å². The van der Waals surface area contributed by atoms with Crippen LogP contribution in [0.15, 0.2) is 50.5 Å². The Morgan fingerprint density at radius 3 is 2.59 bits per heavy atom. The zero-order valence-corrected chi connectivity index (χ0v) is 15.1. The number of fused-ring (bicyclic) bond motifs is 1. The summed E-state index contributed by atoms with van der Waals surface area (Å²) in [6.07, 6.45) is 0. The van der Waals surface area contributed by atoms with Gasteiger partial charge in [-0.3, -0.25) is 29.4 Å². The van der Waals surface area contributed by atoms with Gasteiger partial charge in [-0.15, -0.1) is 0 Å². The van der Waals surface area contributed by atoms with Crippen molar-refractivity contribution in [3.8, 4) is 0 Å².